The molecule has 0 aromatic carbocycles. The monoisotopic (exact) mass is 177 g/mol. The Morgan fingerprint density at radius 3 is 2.75 bits per heavy atom. The molecule has 0 radical (unpaired) electrons. The van der Waals surface area contributed by atoms with E-state index in [0.29, 0.717) is 19.8 Å². The van der Waals surface area contributed by atoms with E-state index >= 15 is 0 Å². The molecule has 0 spiro atoms. The fourth-order valence-corrected chi connectivity index (χ4v) is 0.602. The van der Waals surface area contributed by atoms with Crippen molar-refractivity contribution in [3.8, 4) is 0 Å². The highest BCUT2D eigenvalue weighted by atomic mass is 16.5. The minimum absolute atomic E-state index is 0.00547. The first-order chi connectivity index (χ1) is 5.68. The van der Waals surface area contributed by atoms with Crippen LogP contribution in [0.3, 0.4) is 0 Å². The Morgan fingerprint density at radius 2 is 2.25 bits per heavy atom. The summed E-state index contributed by atoms with van der Waals surface area (Å²) in [6, 6.07) is -0.553. The molecule has 1 atom stereocenters. The van der Waals surface area contributed by atoms with Crippen LogP contribution in [0.25, 0.3) is 0 Å². The number of carboxylic acids is 1. The maximum absolute atomic E-state index is 10.3. The molecule has 0 aliphatic rings. The van der Waals surface area contributed by atoms with E-state index in [-0.39, 0.29) is 6.61 Å². The number of carboxylic acid groups (broad SMARTS) is 1. The summed E-state index contributed by atoms with van der Waals surface area (Å²) in [5, 5.41) is 19.5. The Morgan fingerprint density at radius 1 is 1.58 bits per heavy atom. The summed E-state index contributed by atoms with van der Waals surface area (Å²) < 4.78 is 4.91. The van der Waals surface area contributed by atoms with Gasteiger partial charge in [0.15, 0.2) is 0 Å². The van der Waals surface area contributed by atoms with Gasteiger partial charge in [0.2, 0.25) is 0 Å². The Kier molecular flexibility index (Phi) is 6.64. The molecule has 0 amide bonds. The van der Waals surface area contributed by atoms with Gasteiger partial charge in [0.05, 0.1) is 19.8 Å². The molecule has 0 aliphatic carbocycles. The quantitative estimate of drug-likeness (QED) is 0.437. The van der Waals surface area contributed by atoms with E-state index in [1.807, 2.05) is 0 Å². The van der Waals surface area contributed by atoms with Crippen LogP contribution in [0.5, 0.6) is 0 Å². The second kappa shape index (κ2) is 7.02. The van der Waals surface area contributed by atoms with Crippen molar-refractivity contribution in [1.82, 2.24) is 5.32 Å². The average Bonchev–Trinajstić information content (AvgIpc) is 2.03. The predicted octanol–water partition coefficient (Wildman–Crippen LogP) is -0.942. The average molecular weight is 177 g/mol. The molecule has 0 saturated heterocycles. The molecule has 0 aromatic heterocycles. The number of aliphatic hydroxyl groups is 1. The van der Waals surface area contributed by atoms with Crippen molar-refractivity contribution in [2.45, 2.75) is 13.0 Å². The van der Waals surface area contributed by atoms with Crippen LogP contribution in [-0.4, -0.2) is 48.6 Å². The van der Waals surface area contributed by atoms with Gasteiger partial charge in [-0.05, 0) is 6.92 Å². The molecule has 5 heteroatoms. The molecule has 0 aromatic rings. The van der Waals surface area contributed by atoms with Crippen LogP contribution in [0, 0.1) is 0 Å². The number of aliphatic hydroxyl groups excluding tert-OH is 1. The summed E-state index contributed by atoms with van der Waals surface area (Å²) in [4.78, 5) is 10.3. The third-order valence-corrected chi connectivity index (χ3v) is 1.30. The Hall–Kier alpha value is -0.650. The largest absolute Gasteiger partial charge is 0.480 e. The molecule has 1 unspecified atom stereocenters. The second-order valence-corrected chi connectivity index (χ2v) is 2.35. The van der Waals surface area contributed by atoms with Crippen LogP contribution in [0.2, 0.25) is 0 Å². The van der Waals surface area contributed by atoms with Gasteiger partial charge in [-0.3, -0.25) is 4.79 Å². The fraction of sp³-hybridized carbons (Fsp3) is 0.857. The van der Waals surface area contributed by atoms with Crippen molar-refractivity contribution in [3.63, 3.8) is 0 Å². The molecule has 12 heavy (non-hydrogen) atoms. The minimum atomic E-state index is -0.878. The maximum Gasteiger partial charge on any atom is 0.320 e. The normalized spacial score (nSPS) is 12.8. The van der Waals surface area contributed by atoms with Gasteiger partial charge in [0, 0.05) is 6.54 Å². The molecule has 0 aliphatic heterocycles. The molecule has 3 N–H and O–H groups in total. The van der Waals surface area contributed by atoms with Crippen molar-refractivity contribution in [3.05, 3.63) is 0 Å². The zero-order valence-electron chi connectivity index (χ0n) is 7.12. The fourth-order valence-electron chi connectivity index (χ4n) is 0.602. The van der Waals surface area contributed by atoms with E-state index in [2.05, 4.69) is 5.32 Å². The molecule has 0 fully saturated rings. The first-order valence-electron chi connectivity index (χ1n) is 3.83. The van der Waals surface area contributed by atoms with Gasteiger partial charge in [0.1, 0.15) is 6.04 Å². The Balaban J connectivity index is 3.14. The number of carbonyl (C=O) groups is 1. The van der Waals surface area contributed by atoms with Gasteiger partial charge >= 0.3 is 5.97 Å². The van der Waals surface area contributed by atoms with Gasteiger partial charge in [0.25, 0.3) is 0 Å². The molecule has 72 valence electrons. The first-order valence-corrected chi connectivity index (χ1v) is 3.83. The highest BCUT2D eigenvalue weighted by Gasteiger charge is 2.07. The van der Waals surface area contributed by atoms with E-state index in [4.69, 9.17) is 14.9 Å². The van der Waals surface area contributed by atoms with Crippen molar-refractivity contribution in [2.75, 3.05) is 26.4 Å². The number of nitrogens with one attached hydrogen (secondary N) is 1. The molecule has 0 heterocycles. The van der Waals surface area contributed by atoms with Crippen LogP contribution in [-0.2, 0) is 9.53 Å². The van der Waals surface area contributed by atoms with Crippen LogP contribution in [0.1, 0.15) is 6.92 Å². The maximum atomic E-state index is 10.3. The molecule has 0 saturated carbocycles. The molecular formula is C7H15NO4. The summed E-state index contributed by atoms with van der Waals surface area (Å²) >= 11 is 0. The lowest BCUT2D eigenvalue weighted by Crippen LogP contribution is -2.35. The third-order valence-electron chi connectivity index (χ3n) is 1.30. The summed E-state index contributed by atoms with van der Waals surface area (Å²) in [6.45, 7) is 2.75. The van der Waals surface area contributed by atoms with Crippen molar-refractivity contribution in [1.29, 1.82) is 0 Å². The second-order valence-electron chi connectivity index (χ2n) is 2.35. The predicted molar refractivity (Wildman–Crippen MR) is 43.0 cm³/mol. The topological polar surface area (TPSA) is 78.8 Å². The molecular weight excluding hydrogens is 162 g/mol. The minimum Gasteiger partial charge on any atom is -0.480 e. The van der Waals surface area contributed by atoms with Gasteiger partial charge < -0.3 is 20.3 Å². The van der Waals surface area contributed by atoms with Crippen LogP contribution in [0.15, 0.2) is 0 Å². The number of ether oxygens (including phenoxy) is 1. The zero-order chi connectivity index (χ0) is 9.40. The zero-order valence-corrected chi connectivity index (χ0v) is 7.12. The van der Waals surface area contributed by atoms with E-state index < -0.39 is 12.0 Å². The van der Waals surface area contributed by atoms with Gasteiger partial charge in [-0.1, -0.05) is 0 Å². The van der Waals surface area contributed by atoms with Gasteiger partial charge in [-0.25, -0.2) is 0 Å². The summed E-state index contributed by atoms with van der Waals surface area (Å²) in [6.07, 6.45) is 0. The standard InChI is InChI=1S/C7H15NO4/c1-6(7(10)11)8-2-4-12-5-3-9/h6,8-9H,2-5H2,1H3,(H,10,11). The molecule has 5 nitrogen and oxygen atoms in total. The number of hydrogen-bond acceptors (Lipinski definition) is 4. The van der Waals surface area contributed by atoms with Crippen molar-refractivity contribution < 1.29 is 19.7 Å². The highest BCUT2D eigenvalue weighted by molar-refractivity contribution is 5.72. The smallest absolute Gasteiger partial charge is 0.320 e. The van der Waals surface area contributed by atoms with Crippen molar-refractivity contribution in [2.24, 2.45) is 0 Å². The summed E-state index contributed by atoms with van der Waals surface area (Å²) in [5.41, 5.74) is 0. The molecule has 0 rings (SSSR count). The SMILES string of the molecule is CC(NCCOCCO)C(=O)O. The third kappa shape index (κ3) is 6.09. The summed E-state index contributed by atoms with van der Waals surface area (Å²) in [7, 11) is 0. The highest BCUT2D eigenvalue weighted by Crippen LogP contribution is 1.80. The lowest BCUT2D eigenvalue weighted by molar-refractivity contribution is -0.139. The number of rotatable bonds is 7. The van der Waals surface area contributed by atoms with Crippen LogP contribution >= 0.6 is 0 Å². The van der Waals surface area contributed by atoms with Crippen LogP contribution < -0.4 is 5.32 Å². The number of aliphatic carboxylic acids is 1. The first kappa shape index (κ1) is 11.4. The van der Waals surface area contributed by atoms with Crippen LogP contribution in [0.4, 0.5) is 0 Å². The number of hydrogen-bond donors (Lipinski definition) is 3. The lowest BCUT2D eigenvalue weighted by atomic mass is 10.3. The Labute approximate surface area is 71.3 Å². The van der Waals surface area contributed by atoms with Gasteiger partial charge in [-0.15, -0.1) is 0 Å². The van der Waals surface area contributed by atoms with E-state index in [0.717, 1.165) is 0 Å². The summed E-state index contributed by atoms with van der Waals surface area (Å²) in [5.74, 6) is -0.878. The Bertz CT molecular complexity index is 129. The van der Waals surface area contributed by atoms with Gasteiger partial charge in [-0.2, -0.15) is 0 Å². The lowest BCUT2D eigenvalue weighted by Gasteiger charge is -2.08. The van der Waals surface area contributed by atoms with Crippen molar-refractivity contribution >= 4 is 5.97 Å². The van der Waals surface area contributed by atoms with E-state index in [1.165, 1.54) is 0 Å². The van der Waals surface area contributed by atoms with E-state index in [1.54, 1.807) is 6.92 Å². The van der Waals surface area contributed by atoms with E-state index in [9.17, 15) is 4.79 Å². The molecule has 0 bridgehead atoms.